The van der Waals surface area contributed by atoms with Crippen LogP contribution in [0.2, 0.25) is 0 Å². The minimum atomic E-state index is -0.793. The molecule has 0 aliphatic carbocycles. The molecule has 0 spiro atoms. The highest BCUT2D eigenvalue weighted by Gasteiger charge is 2.19. The molecule has 0 saturated heterocycles. The topological polar surface area (TPSA) is 105 Å². The SMILES string of the molecule is CCCCCCCCCCCCCC(=O)OC[C@H](COC(=O)CCN)OC(=O)CCCCCCCCCCCCC. The molecule has 2 N–H and O–H groups in total. The molecule has 0 aromatic heterocycles. The molecular weight excluding hydrogens is 518 g/mol. The van der Waals surface area contributed by atoms with Crippen LogP contribution in [0.15, 0.2) is 0 Å². The van der Waals surface area contributed by atoms with E-state index in [4.69, 9.17) is 19.9 Å². The Hall–Kier alpha value is -1.63. The lowest BCUT2D eigenvalue weighted by atomic mass is 10.1. The number of unbranched alkanes of at least 4 members (excludes halogenated alkanes) is 20. The van der Waals surface area contributed by atoms with Crippen LogP contribution in [-0.2, 0) is 28.6 Å². The molecule has 0 heterocycles. The number of ether oxygens (including phenoxy) is 3. The summed E-state index contributed by atoms with van der Waals surface area (Å²) in [5.74, 6) is -1.10. The summed E-state index contributed by atoms with van der Waals surface area (Å²) in [6, 6.07) is 0. The van der Waals surface area contributed by atoms with Crippen molar-refractivity contribution < 1.29 is 28.6 Å². The summed E-state index contributed by atoms with van der Waals surface area (Å²) in [5.41, 5.74) is 5.40. The van der Waals surface area contributed by atoms with Gasteiger partial charge < -0.3 is 19.9 Å². The van der Waals surface area contributed by atoms with Crippen molar-refractivity contribution in [3.8, 4) is 0 Å². The van der Waals surface area contributed by atoms with Crippen molar-refractivity contribution in [2.75, 3.05) is 19.8 Å². The number of carbonyl (C=O) groups excluding carboxylic acids is 3. The Labute approximate surface area is 252 Å². The van der Waals surface area contributed by atoms with Gasteiger partial charge in [0.1, 0.15) is 13.2 Å². The largest absolute Gasteiger partial charge is 0.462 e. The van der Waals surface area contributed by atoms with E-state index in [1.807, 2.05) is 0 Å². The lowest BCUT2D eigenvalue weighted by Gasteiger charge is -2.18. The van der Waals surface area contributed by atoms with E-state index in [0.717, 1.165) is 38.5 Å². The highest BCUT2D eigenvalue weighted by atomic mass is 16.6. The monoisotopic (exact) mass is 583 g/mol. The molecule has 0 fully saturated rings. The van der Waals surface area contributed by atoms with Crippen molar-refractivity contribution in [3.05, 3.63) is 0 Å². The quantitative estimate of drug-likeness (QED) is 0.0494. The Morgan fingerprint density at radius 3 is 1.15 bits per heavy atom. The van der Waals surface area contributed by atoms with Crippen LogP contribution in [0.3, 0.4) is 0 Å². The number of esters is 3. The third-order valence-electron chi connectivity index (χ3n) is 7.48. The van der Waals surface area contributed by atoms with Crippen LogP contribution in [-0.4, -0.2) is 43.8 Å². The molecule has 242 valence electrons. The van der Waals surface area contributed by atoms with E-state index in [-0.39, 0.29) is 38.1 Å². The van der Waals surface area contributed by atoms with E-state index in [1.165, 1.54) is 103 Å². The van der Waals surface area contributed by atoms with Crippen molar-refractivity contribution in [2.24, 2.45) is 5.73 Å². The number of hydrogen-bond acceptors (Lipinski definition) is 7. The van der Waals surface area contributed by atoms with Crippen LogP contribution in [0.4, 0.5) is 0 Å². The zero-order valence-corrected chi connectivity index (χ0v) is 26.9. The zero-order valence-electron chi connectivity index (χ0n) is 26.9. The third kappa shape index (κ3) is 29.7. The minimum Gasteiger partial charge on any atom is -0.462 e. The number of hydrogen-bond donors (Lipinski definition) is 1. The molecule has 7 nitrogen and oxygen atoms in total. The molecule has 0 aromatic carbocycles. The van der Waals surface area contributed by atoms with Gasteiger partial charge in [0, 0.05) is 19.4 Å². The first-order valence-electron chi connectivity index (χ1n) is 17.2. The highest BCUT2D eigenvalue weighted by Crippen LogP contribution is 2.14. The van der Waals surface area contributed by atoms with Crippen molar-refractivity contribution in [3.63, 3.8) is 0 Å². The lowest BCUT2D eigenvalue weighted by molar-refractivity contribution is -0.166. The van der Waals surface area contributed by atoms with Gasteiger partial charge in [0.15, 0.2) is 6.10 Å². The molecule has 0 bridgehead atoms. The summed E-state index contributed by atoms with van der Waals surface area (Å²) >= 11 is 0. The van der Waals surface area contributed by atoms with Crippen molar-refractivity contribution >= 4 is 17.9 Å². The molecule has 0 unspecified atom stereocenters. The minimum absolute atomic E-state index is 0.0953. The second-order valence-electron chi connectivity index (χ2n) is 11.6. The van der Waals surface area contributed by atoms with Gasteiger partial charge in [0.05, 0.1) is 6.42 Å². The molecule has 0 aliphatic heterocycles. The third-order valence-corrected chi connectivity index (χ3v) is 7.48. The standard InChI is InChI=1S/C34H65NO6/c1-3-5-7-9-11-13-15-17-19-21-23-25-32(36)39-29-31(30-40-33(37)27-28-35)41-34(38)26-24-22-20-18-16-14-12-10-8-6-4-2/h31H,3-30,35H2,1-2H3/t31-/m1/s1. The zero-order chi connectivity index (χ0) is 30.2. The van der Waals surface area contributed by atoms with E-state index in [2.05, 4.69) is 13.8 Å². The average Bonchev–Trinajstić information content (AvgIpc) is 2.96. The summed E-state index contributed by atoms with van der Waals surface area (Å²) < 4.78 is 16.1. The summed E-state index contributed by atoms with van der Waals surface area (Å²) in [7, 11) is 0. The average molecular weight is 584 g/mol. The Kier molecular flexibility index (Phi) is 30.1. The highest BCUT2D eigenvalue weighted by molar-refractivity contribution is 5.71. The number of carbonyl (C=O) groups is 3. The van der Waals surface area contributed by atoms with Gasteiger partial charge in [-0.25, -0.2) is 0 Å². The maximum Gasteiger partial charge on any atom is 0.307 e. The fourth-order valence-corrected chi connectivity index (χ4v) is 4.86. The van der Waals surface area contributed by atoms with Gasteiger partial charge >= 0.3 is 17.9 Å². The molecule has 7 heteroatoms. The van der Waals surface area contributed by atoms with Gasteiger partial charge in [-0.15, -0.1) is 0 Å². The van der Waals surface area contributed by atoms with Gasteiger partial charge in [0.25, 0.3) is 0 Å². The Bertz CT molecular complexity index is 612. The van der Waals surface area contributed by atoms with Crippen molar-refractivity contribution in [1.29, 1.82) is 0 Å². The lowest BCUT2D eigenvalue weighted by Crippen LogP contribution is -2.31. The van der Waals surface area contributed by atoms with Crippen LogP contribution in [0.1, 0.15) is 174 Å². The van der Waals surface area contributed by atoms with Gasteiger partial charge in [-0.05, 0) is 12.8 Å². The van der Waals surface area contributed by atoms with E-state index in [0.29, 0.717) is 12.8 Å². The number of nitrogens with two attached hydrogens (primary N) is 1. The van der Waals surface area contributed by atoms with Gasteiger partial charge in [-0.2, -0.15) is 0 Å². The summed E-state index contributed by atoms with van der Waals surface area (Å²) in [6.07, 6.45) is 26.7. The second kappa shape index (κ2) is 31.3. The predicted octanol–water partition coefficient (Wildman–Crippen LogP) is 8.74. The molecule has 0 rings (SSSR count). The van der Waals surface area contributed by atoms with Crippen LogP contribution in [0.25, 0.3) is 0 Å². The van der Waals surface area contributed by atoms with E-state index in [1.54, 1.807) is 0 Å². The van der Waals surface area contributed by atoms with E-state index in [9.17, 15) is 14.4 Å². The van der Waals surface area contributed by atoms with Crippen molar-refractivity contribution in [2.45, 2.75) is 180 Å². The Balaban J connectivity index is 4.07. The maximum absolute atomic E-state index is 12.4. The van der Waals surface area contributed by atoms with Gasteiger partial charge in [-0.3, -0.25) is 14.4 Å². The predicted molar refractivity (Wildman–Crippen MR) is 168 cm³/mol. The molecule has 1 atom stereocenters. The second-order valence-corrected chi connectivity index (χ2v) is 11.6. The molecule has 0 saturated carbocycles. The fraction of sp³-hybridized carbons (Fsp3) is 0.912. The van der Waals surface area contributed by atoms with Gasteiger partial charge in [-0.1, -0.05) is 142 Å². The first-order chi connectivity index (χ1) is 20.0. The maximum atomic E-state index is 12.4. The van der Waals surface area contributed by atoms with E-state index >= 15 is 0 Å². The molecule has 0 aliphatic rings. The van der Waals surface area contributed by atoms with Crippen LogP contribution < -0.4 is 5.73 Å². The van der Waals surface area contributed by atoms with Crippen LogP contribution >= 0.6 is 0 Å². The van der Waals surface area contributed by atoms with Crippen molar-refractivity contribution in [1.82, 2.24) is 0 Å². The number of rotatable bonds is 31. The Morgan fingerprint density at radius 2 is 0.780 bits per heavy atom. The summed E-state index contributed by atoms with van der Waals surface area (Å²) in [4.78, 5) is 36.4. The van der Waals surface area contributed by atoms with Crippen LogP contribution in [0, 0.1) is 0 Å². The molecular formula is C34H65NO6. The molecule has 0 radical (unpaired) electrons. The smallest absolute Gasteiger partial charge is 0.307 e. The molecule has 0 aromatic rings. The first kappa shape index (κ1) is 39.4. The normalized spacial score (nSPS) is 11.8. The van der Waals surface area contributed by atoms with Gasteiger partial charge in [0.2, 0.25) is 0 Å². The summed E-state index contributed by atoms with van der Waals surface area (Å²) in [6.45, 7) is 4.44. The van der Waals surface area contributed by atoms with E-state index < -0.39 is 12.1 Å². The molecule has 41 heavy (non-hydrogen) atoms. The summed E-state index contributed by atoms with van der Waals surface area (Å²) in [5, 5.41) is 0. The fourth-order valence-electron chi connectivity index (χ4n) is 4.86. The Morgan fingerprint density at radius 1 is 0.463 bits per heavy atom. The first-order valence-corrected chi connectivity index (χ1v) is 17.2. The molecule has 0 amide bonds. The van der Waals surface area contributed by atoms with Crippen LogP contribution in [0.5, 0.6) is 0 Å².